The van der Waals surface area contributed by atoms with E-state index in [0.29, 0.717) is 22.2 Å². The van der Waals surface area contributed by atoms with Crippen LogP contribution in [0.1, 0.15) is 12.0 Å². The van der Waals surface area contributed by atoms with Crippen LogP contribution < -0.4 is 4.90 Å². The molecule has 4 nitrogen and oxygen atoms in total. The molecule has 1 aliphatic heterocycles. The van der Waals surface area contributed by atoms with Gasteiger partial charge in [-0.1, -0.05) is 53.5 Å². The molecule has 2 aromatic rings. The molecular weight excluding hydrogens is 381 g/mol. The Morgan fingerprint density at radius 3 is 2.28 bits per heavy atom. The Hall–Kier alpha value is -1.56. The number of hydrogen-bond donors (Lipinski definition) is 0. The number of anilines is 1. The van der Waals surface area contributed by atoms with E-state index in [1.807, 2.05) is 30.3 Å². The summed E-state index contributed by atoms with van der Waals surface area (Å²) < 4.78 is 23.8. The van der Waals surface area contributed by atoms with Crippen molar-refractivity contribution < 1.29 is 13.2 Å². The van der Waals surface area contributed by atoms with Crippen molar-refractivity contribution >= 4 is 44.6 Å². The van der Waals surface area contributed by atoms with Crippen LogP contribution in [-0.2, 0) is 21.1 Å². The van der Waals surface area contributed by atoms with Gasteiger partial charge in [0.1, 0.15) is 0 Å². The lowest BCUT2D eigenvalue weighted by Gasteiger charge is -2.29. The Morgan fingerprint density at radius 2 is 1.72 bits per heavy atom. The number of nitrogens with zero attached hydrogens (tertiary/aromatic N) is 1. The molecule has 1 fully saturated rings. The van der Waals surface area contributed by atoms with E-state index >= 15 is 0 Å². The standard InChI is InChI=1S/C18H17Cl2NO3S/c19-14-9-15(20)11-17(10-14)21(16-6-7-25(23,24)12-16)18(22)8-13-4-2-1-3-5-13/h1-5,9-11,16H,6-8,12H2. The Labute approximate surface area is 157 Å². The largest absolute Gasteiger partial charge is 0.308 e. The zero-order chi connectivity index (χ0) is 18.0. The van der Waals surface area contributed by atoms with Gasteiger partial charge in [-0.3, -0.25) is 4.79 Å². The minimum absolute atomic E-state index is 0.0440. The molecule has 1 amide bonds. The summed E-state index contributed by atoms with van der Waals surface area (Å²) in [4.78, 5) is 14.5. The van der Waals surface area contributed by atoms with E-state index in [1.54, 1.807) is 18.2 Å². The maximum atomic E-state index is 13.0. The van der Waals surface area contributed by atoms with Crippen molar-refractivity contribution in [2.75, 3.05) is 16.4 Å². The number of amides is 1. The van der Waals surface area contributed by atoms with E-state index in [9.17, 15) is 13.2 Å². The van der Waals surface area contributed by atoms with Crippen LogP contribution in [0.2, 0.25) is 10.0 Å². The van der Waals surface area contributed by atoms with Gasteiger partial charge in [-0.05, 0) is 30.2 Å². The number of hydrogen-bond acceptors (Lipinski definition) is 3. The molecule has 1 unspecified atom stereocenters. The third kappa shape index (κ3) is 4.54. The molecule has 7 heteroatoms. The first-order valence-corrected chi connectivity index (χ1v) is 10.4. The molecule has 0 radical (unpaired) electrons. The van der Waals surface area contributed by atoms with Gasteiger partial charge in [0.05, 0.1) is 24.0 Å². The van der Waals surface area contributed by atoms with Crippen LogP contribution in [0, 0.1) is 0 Å². The summed E-state index contributed by atoms with van der Waals surface area (Å²) in [6.07, 6.45) is 0.592. The highest BCUT2D eigenvalue weighted by atomic mass is 35.5. The Bertz CT molecular complexity index is 864. The first-order valence-electron chi connectivity index (χ1n) is 7.86. The average Bonchev–Trinajstić information content (AvgIpc) is 2.87. The highest BCUT2D eigenvalue weighted by Crippen LogP contribution is 2.30. The quantitative estimate of drug-likeness (QED) is 0.788. The summed E-state index contributed by atoms with van der Waals surface area (Å²) in [5.74, 6) is -0.134. The van der Waals surface area contributed by atoms with Crippen LogP contribution in [0.5, 0.6) is 0 Å². The van der Waals surface area contributed by atoms with E-state index in [2.05, 4.69) is 0 Å². The maximum Gasteiger partial charge on any atom is 0.231 e. The molecule has 1 heterocycles. The van der Waals surface area contributed by atoms with Crippen molar-refractivity contribution in [3.63, 3.8) is 0 Å². The number of rotatable bonds is 4. The number of carbonyl (C=O) groups is 1. The molecule has 0 N–H and O–H groups in total. The van der Waals surface area contributed by atoms with Crippen LogP contribution in [0.4, 0.5) is 5.69 Å². The summed E-state index contributed by atoms with van der Waals surface area (Å²) in [5.41, 5.74) is 1.40. The van der Waals surface area contributed by atoms with Crippen LogP contribution in [0.25, 0.3) is 0 Å². The number of carbonyl (C=O) groups excluding carboxylic acids is 1. The lowest BCUT2D eigenvalue weighted by Crippen LogP contribution is -2.42. The molecule has 0 bridgehead atoms. The van der Waals surface area contributed by atoms with Crippen molar-refractivity contribution in [3.05, 3.63) is 64.1 Å². The lowest BCUT2D eigenvalue weighted by atomic mass is 10.1. The second-order valence-electron chi connectivity index (χ2n) is 6.11. The molecule has 1 saturated heterocycles. The van der Waals surface area contributed by atoms with Crippen molar-refractivity contribution in [3.8, 4) is 0 Å². The summed E-state index contributed by atoms with van der Waals surface area (Å²) in [6, 6.07) is 13.8. The average molecular weight is 398 g/mol. The van der Waals surface area contributed by atoms with Crippen LogP contribution in [0.15, 0.2) is 48.5 Å². The molecule has 1 aliphatic rings. The predicted molar refractivity (Wildman–Crippen MR) is 101 cm³/mol. The Balaban J connectivity index is 1.95. The second kappa shape index (κ2) is 7.36. The van der Waals surface area contributed by atoms with E-state index in [4.69, 9.17) is 23.2 Å². The van der Waals surface area contributed by atoms with Gasteiger partial charge in [0.25, 0.3) is 0 Å². The van der Waals surface area contributed by atoms with Crippen LogP contribution >= 0.6 is 23.2 Å². The molecule has 2 aromatic carbocycles. The fraction of sp³-hybridized carbons (Fsp3) is 0.278. The topological polar surface area (TPSA) is 54.5 Å². The van der Waals surface area contributed by atoms with Crippen LogP contribution in [0.3, 0.4) is 0 Å². The first-order chi connectivity index (χ1) is 11.8. The summed E-state index contributed by atoms with van der Waals surface area (Å²) in [6.45, 7) is 0. The van der Waals surface area contributed by atoms with Crippen molar-refractivity contribution in [1.29, 1.82) is 0 Å². The van der Waals surface area contributed by atoms with E-state index in [0.717, 1.165) is 5.56 Å². The molecule has 1 atom stereocenters. The summed E-state index contributed by atoms with van der Waals surface area (Å²) in [5, 5.41) is 0.807. The predicted octanol–water partition coefficient (Wildman–Crippen LogP) is 3.76. The lowest BCUT2D eigenvalue weighted by molar-refractivity contribution is -0.118. The zero-order valence-corrected chi connectivity index (χ0v) is 15.7. The van der Waals surface area contributed by atoms with Gasteiger partial charge in [-0.15, -0.1) is 0 Å². The molecule has 0 saturated carbocycles. The fourth-order valence-corrected chi connectivity index (χ4v) is 5.29. The molecule has 132 valence electrons. The minimum Gasteiger partial charge on any atom is -0.308 e. The number of benzene rings is 2. The minimum atomic E-state index is -3.13. The fourth-order valence-electron chi connectivity index (χ4n) is 3.07. The van der Waals surface area contributed by atoms with Gasteiger partial charge < -0.3 is 4.90 Å². The Kier molecular flexibility index (Phi) is 5.37. The number of halogens is 2. The van der Waals surface area contributed by atoms with E-state index in [-0.39, 0.29) is 23.8 Å². The number of sulfone groups is 1. The SMILES string of the molecule is O=C(Cc1ccccc1)N(c1cc(Cl)cc(Cl)c1)C1CCS(=O)(=O)C1. The van der Waals surface area contributed by atoms with Crippen molar-refractivity contribution in [1.82, 2.24) is 0 Å². The van der Waals surface area contributed by atoms with Crippen molar-refractivity contribution in [2.45, 2.75) is 18.9 Å². The smallest absolute Gasteiger partial charge is 0.231 e. The van der Waals surface area contributed by atoms with Gasteiger partial charge in [0.15, 0.2) is 9.84 Å². The van der Waals surface area contributed by atoms with Crippen LogP contribution in [-0.4, -0.2) is 31.9 Å². The van der Waals surface area contributed by atoms with Crippen molar-refractivity contribution in [2.24, 2.45) is 0 Å². The van der Waals surface area contributed by atoms with E-state index < -0.39 is 15.9 Å². The van der Waals surface area contributed by atoms with E-state index in [1.165, 1.54) is 4.90 Å². The van der Waals surface area contributed by atoms with Gasteiger partial charge >= 0.3 is 0 Å². The zero-order valence-electron chi connectivity index (χ0n) is 13.4. The molecule has 3 rings (SSSR count). The molecule has 25 heavy (non-hydrogen) atoms. The Morgan fingerprint density at radius 1 is 1.08 bits per heavy atom. The van der Waals surface area contributed by atoms with Gasteiger partial charge in [0, 0.05) is 15.7 Å². The molecular formula is C18H17Cl2NO3S. The summed E-state index contributed by atoms with van der Waals surface area (Å²) >= 11 is 12.2. The summed E-state index contributed by atoms with van der Waals surface area (Å²) in [7, 11) is -3.13. The van der Waals surface area contributed by atoms with Gasteiger partial charge in [-0.25, -0.2) is 8.42 Å². The molecule has 0 aliphatic carbocycles. The molecule has 0 aromatic heterocycles. The third-order valence-corrected chi connectivity index (χ3v) is 6.35. The highest BCUT2D eigenvalue weighted by molar-refractivity contribution is 7.91. The third-order valence-electron chi connectivity index (χ3n) is 4.17. The highest BCUT2D eigenvalue weighted by Gasteiger charge is 2.35. The normalized spacial score (nSPS) is 18.9. The first kappa shape index (κ1) is 18.2. The van der Waals surface area contributed by atoms with Gasteiger partial charge in [0.2, 0.25) is 5.91 Å². The monoisotopic (exact) mass is 397 g/mol. The molecule has 0 spiro atoms. The maximum absolute atomic E-state index is 13.0. The second-order valence-corrected chi connectivity index (χ2v) is 9.21. The van der Waals surface area contributed by atoms with Gasteiger partial charge in [-0.2, -0.15) is 0 Å².